The first-order valence-electron chi connectivity index (χ1n) is 17.0. The average molecular weight is 684 g/mol. The number of hydrogen-bond donors (Lipinski definition) is 5. The Morgan fingerprint density at radius 3 is 1.92 bits per heavy atom. The van der Waals surface area contributed by atoms with Gasteiger partial charge in [0.2, 0.25) is 5.91 Å². The van der Waals surface area contributed by atoms with Gasteiger partial charge in [-0.1, -0.05) is 78.9 Å². The molecule has 3 aromatic rings. The van der Waals surface area contributed by atoms with Crippen LogP contribution in [0.15, 0.2) is 103 Å². The quantitative estimate of drug-likeness (QED) is 0.0590. The molecule has 3 amide bonds. The topological polar surface area (TPSA) is 153 Å². The molecule has 0 aromatic heterocycles. The molecule has 50 heavy (non-hydrogen) atoms. The van der Waals surface area contributed by atoms with Crippen LogP contribution in [0.5, 0.6) is 0 Å². The smallest absolute Gasteiger partial charge is 0.414 e. The molecule has 6 N–H and O–H groups in total. The van der Waals surface area contributed by atoms with Crippen molar-refractivity contribution >= 4 is 23.9 Å². The number of ether oxygens (including phenoxy) is 1. The number of nitrogens with zero attached hydrogens (tertiary/aromatic N) is 2. The number of allylic oxidation sites excluding steroid dienone is 2. The van der Waals surface area contributed by atoms with Gasteiger partial charge in [-0.05, 0) is 83.5 Å². The number of nitrogens with two attached hydrogens (primary N) is 1. The maximum Gasteiger partial charge on any atom is 0.414 e. The van der Waals surface area contributed by atoms with Crippen molar-refractivity contribution in [1.82, 2.24) is 25.8 Å². The molecule has 3 atom stereocenters. The molecule has 0 saturated heterocycles. The molecule has 11 nitrogen and oxygen atoms in total. The minimum atomic E-state index is -0.846. The number of carbonyl (C=O) groups is 3. The fraction of sp³-hybridized carbons (Fsp3) is 0.385. The molecule has 3 aromatic carbocycles. The van der Waals surface area contributed by atoms with Crippen molar-refractivity contribution in [3.8, 4) is 0 Å². The fourth-order valence-corrected chi connectivity index (χ4v) is 5.93. The zero-order valence-corrected chi connectivity index (χ0v) is 30.1. The lowest BCUT2D eigenvalue weighted by Gasteiger charge is -2.40. The van der Waals surface area contributed by atoms with Gasteiger partial charge in [-0.3, -0.25) is 15.0 Å². The van der Waals surface area contributed by atoms with Gasteiger partial charge < -0.3 is 36.2 Å². The zero-order chi connectivity index (χ0) is 36.7. The minimum Gasteiger partial charge on any atom is -0.414 e. The first-order chi connectivity index (χ1) is 23.9. The number of guanidine groups is 1. The third-order valence-corrected chi connectivity index (χ3v) is 8.79. The second-order valence-corrected chi connectivity index (χ2v) is 12.8. The molecule has 268 valence electrons. The summed E-state index contributed by atoms with van der Waals surface area (Å²) < 4.78 is 6.28. The van der Waals surface area contributed by atoms with Crippen LogP contribution in [0.1, 0.15) is 61.5 Å². The van der Waals surface area contributed by atoms with Crippen LogP contribution in [-0.4, -0.2) is 86.0 Å². The third-order valence-electron chi connectivity index (χ3n) is 8.79. The van der Waals surface area contributed by atoms with Crippen molar-refractivity contribution in [2.45, 2.75) is 63.6 Å². The molecule has 0 spiro atoms. The van der Waals surface area contributed by atoms with E-state index in [9.17, 15) is 14.4 Å². The van der Waals surface area contributed by atoms with E-state index in [0.717, 1.165) is 11.1 Å². The van der Waals surface area contributed by atoms with Gasteiger partial charge in [0, 0.05) is 37.8 Å². The molecule has 3 unspecified atom stereocenters. The van der Waals surface area contributed by atoms with Gasteiger partial charge >= 0.3 is 6.09 Å². The van der Waals surface area contributed by atoms with E-state index >= 15 is 0 Å². The van der Waals surface area contributed by atoms with Crippen molar-refractivity contribution < 1.29 is 19.1 Å². The predicted octanol–water partition coefficient (Wildman–Crippen LogP) is 4.85. The van der Waals surface area contributed by atoms with Gasteiger partial charge in [0.05, 0.1) is 5.41 Å². The van der Waals surface area contributed by atoms with E-state index in [2.05, 4.69) is 52.0 Å². The lowest BCUT2D eigenvalue weighted by Crippen LogP contribution is -2.51. The van der Waals surface area contributed by atoms with Gasteiger partial charge in [-0.25, -0.2) is 4.79 Å². The van der Waals surface area contributed by atoms with Crippen molar-refractivity contribution in [2.75, 3.05) is 34.2 Å². The van der Waals surface area contributed by atoms with E-state index in [0.29, 0.717) is 37.1 Å². The standard InChI is InChI=1S/C39H53N7O4/c1-7-34(39(26-29(3)45(4)5,31-20-13-9-14-21-31)32-22-15-10-16-23-32)50-38(49)46(6)27-28(2)43-36(48)33(24-17-25-42-37(40)41)44-35(47)30-18-11-8-12-19-30/h7-16,18-23,28-29,33H,17,24-27H2,1-6H3,(H,43,48)(H,44,47)(H4,40,41,42)/b34-7-. The summed E-state index contributed by atoms with van der Waals surface area (Å²) in [6, 6.07) is 27.7. The Morgan fingerprint density at radius 2 is 1.42 bits per heavy atom. The van der Waals surface area contributed by atoms with Crippen LogP contribution in [0, 0.1) is 5.41 Å². The molecule has 11 heteroatoms. The Kier molecular flexibility index (Phi) is 15.0. The van der Waals surface area contributed by atoms with Gasteiger partial charge in [0.25, 0.3) is 5.91 Å². The van der Waals surface area contributed by atoms with Gasteiger partial charge in [0.1, 0.15) is 11.8 Å². The molecular weight excluding hydrogens is 630 g/mol. The molecule has 0 aliphatic heterocycles. The molecule has 3 rings (SSSR count). The second-order valence-electron chi connectivity index (χ2n) is 12.8. The summed E-state index contributed by atoms with van der Waals surface area (Å²) in [5.74, 6) is -0.410. The molecule has 0 fully saturated rings. The van der Waals surface area contributed by atoms with E-state index in [1.807, 2.05) is 69.6 Å². The Bertz CT molecular complexity index is 1530. The van der Waals surface area contributed by atoms with Crippen LogP contribution in [0.3, 0.4) is 0 Å². The summed E-state index contributed by atoms with van der Waals surface area (Å²) in [6.07, 6.45) is 2.75. The Labute approximate surface area is 296 Å². The van der Waals surface area contributed by atoms with Crippen LogP contribution >= 0.6 is 0 Å². The maximum atomic E-state index is 13.8. The van der Waals surface area contributed by atoms with E-state index in [4.69, 9.17) is 15.9 Å². The second kappa shape index (κ2) is 19.1. The Morgan fingerprint density at radius 1 is 0.880 bits per heavy atom. The number of likely N-dealkylation sites (N-methyl/N-ethyl adjacent to an activating group) is 1. The molecule has 0 bridgehead atoms. The van der Waals surface area contributed by atoms with Gasteiger partial charge in [0.15, 0.2) is 5.96 Å². The van der Waals surface area contributed by atoms with E-state index in [1.54, 1.807) is 38.2 Å². The summed E-state index contributed by atoms with van der Waals surface area (Å²) in [5, 5.41) is 15.9. The molecule has 0 aliphatic carbocycles. The molecule has 0 radical (unpaired) electrons. The summed E-state index contributed by atoms with van der Waals surface area (Å²) in [6.45, 7) is 6.36. The lowest BCUT2D eigenvalue weighted by molar-refractivity contribution is -0.123. The maximum absolute atomic E-state index is 13.8. The molecule has 0 heterocycles. The number of nitrogens with one attached hydrogen (secondary N) is 4. The van der Waals surface area contributed by atoms with E-state index in [1.165, 1.54) is 4.90 Å². The minimum absolute atomic E-state index is 0.130. The SMILES string of the molecule is C/C=C(\OC(=O)N(C)CC(C)NC(=O)C(CCCNC(=N)N)NC(=O)c1ccccc1)C(CC(C)N(C)C)(c1ccccc1)c1ccccc1. The van der Waals surface area contributed by atoms with Crippen LogP contribution < -0.4 is 21.7 Å². The van der Waals surface area contributed by atoms with Crippen LogP contribution in [0.4, 0.5) is 4.79 Å². The monoisotopic (exact) mass is 683 g/mol. The van der Waals surface area contributed by atoms with Crippen LogP contribution in [0.25, 0.3) is 0 Å². The van der Waals surface area contributed by atoms with Crippen molar-refractivity contribution in [3.63, 3.8) is 0 Å². The highest BCUT2D eigenvalue weighted by molar-refractivity contribution is 5.97. The highest BCUT2D eigenvalue weighted by Gasteiger charge is 2.42. The Balaban J connectivity index is 1.78. The number of benzene rings is 3. The molecular formula is C39H53N7O4. The van der Waals surface area contributed by atoms with E-state index in [-0.39, 0.29) is 30.4 Å². The first kappa shape index (κ1) is 39.3. The van der Waals surface area contributed by atoms with Gasteiger partial charge in [-0.2, -0.15) is 0 Å². The normalized spacial score (nSPS) is 13.5. The van der Waals surface area contributed by atoms with Crippen LogP contribution in [0.2, 0.25) is 0 Å². The van der Waals surface area contributed by atoms with Crippen LogP contribution in [-0.2, 0) is 14.9 Å². The Hall–Kier alpha value is -5.16. The third kappa shape index (κ3) is 10.9. The molecule has 0 saturated carbocycles. The highest BCUT2D eigenvalue weighted by Crippen LogP contribution is 2.44. The lowest BCUT2D eigenvalue weighted by atomic mass is 9.68. The number of hydrogen-bond acceptors (Lipinski definition) is 6. The van der Waals surface area contributed by atoms with Crippen molar-refractivity contribution in [3.05, 3.63) is 120 Å². The van der Waals surface area contributed by atoms with Gasteiger partial charge in [-0.15, -0.1) is 0 Å². The average Bonchev–Trinajstić information content (AvgIpc) is 3.11. The summed E-state index contributed by atoms with van der Waals surface area (Å²) >= 11 is 0. The summed E-state index contributed by atoms with van der Waals surface area (Å²) in [4.78, 5) is 43.8. The largest absolute Gasteiger partial charge is 0.414 e. The van der Waals surface area contributed by atoms with E-state index < -0.39 is 23.6 Å². The predicted molar refractivity (Wildman–Crippen MR) is 199 cm³/mol. The first-order valence-corrected chi connectivity index (χ1v) is 17.0. The number of amides is 3. The molecule has 0 aliphatic rings. The van der Waals surface area contributed by atoms with Crippen molar-refractivity contribution in [1.29, 1.82) is 5.41 Å². The number of carbonyl (C=O) groups excluding carboxylic acids is 3. The zero-order valence-electron chi connectivity index (χ0n) is 30.1. The summed E-state index contributed by atoms with van der Waals surface area (Å²) in [7, 11) is 5.71. The number of rotatable bonds is 17. The van der Waals surface area contributed by atoms with Crippen molar-refractivity contribution in [2.24, 2.45) is 5.73 Å². The summed E-state index contributed by atoms with van der Waals surface area (Å²) in [5.41, 5.74) is 7.07. The highest BCUT2D eigenvalue weighted by atomic mass is 16.6. The fourth-order valence-electron chi connectivity index (χ4n) is 5.93.